The minimum absolute atomic E-state index is 0.242. The molecule has 3 heterocycles. The number of hydrogen-bond acceptors (Lipinski definition) is 7. The molecular formula is C20H17N7O2. The van der Waals surface area contributed by atoms with Crippen molar-refractivity contribution >= 4 is 11.6 Å². The lowest BCUT2D eigenvalue weighted by atomic mass is 10.3. The SMILES string of the molecule is Cc1nc(Oc2ccc(NC(=O)c3cnccn3)cc2)cc(-n2ccnc2C)n1. The van der Waals surface area contributed by atoms with Crippen LogP contribution in [-0.2, 0) is 0 Å². The summed E-state index contributed by atoms with van der Waals surface area (Å²) in [7, 11) is 0. The number of ether oxygens (including phenoxy) is 1. The zero-order valence-electron chi connectivity index (χ0n) is 15.8. The quantitative estimate of drug-likeness (QED) is 0.560. The molecule has 1 amide bonds. The number of imidazole rings is 1. The van der Waals surface area contributed by atoms with Gasteiger partial charge in [-0.2, -0.15) is 4.98 Å². The molecule has 0 spiro atoms. The van der Waals surface area contributed by atoms with Crippen LogP contribution in [0, 0.1) is 13.8 Å². The summed E-state index contributed by atoms with van der Waals surface area (Å²) >= 11 is 0. The van der Waals surface area contributed by atoms with Crippen molar-refractivity contribution < 1.29 is 9.53 Å². The number of carbonyl (C=O) groups is 1. The molecule has 0 bridgehead atoms. The second kappa shape index (κ2) is 7.85. The monoisotopic (exact) mass is 387 g/mol. The molecule has 0 radical (unpaired) electrons. The Hall–Kier alpha value is -4.14. The number of aromatic nitrogens is 6. The average Bonchev–Trinajstić information content (AvgIpc) is 3.16. The molecule has 0 aliphatic heterocycles. The van der Waals surface area contributed by atoms with Crippen molar-refractivity contribution in [3.63, 3.8) is 0 Å². The Bertz CT molecular complexity index is 1140. The molecule has 1 aromatic carbocycles. The van der Waals surface area contributed by atoms with Gasteiger partial charge in [-0.15, -0.1) is 0 Å². The van der Waals surface area contributed by atoms with E-state index in [1.807, 2.05) is 17.7 Å². The number of rotatable bonds is 5. The zero-order valence-corrected chi connectivity index (χ0v) is 15.8. The molecule has 0 aliphatic rings. The molecule has 4 aromatic rings. The predicted molar refractivity (Wildman–Crippen MR) is 105 cm³/mol. The molecule has 1 N–H and O–H groups in total. The standard InChI is InChI=1S/C20H17N7O2/c1-13-24-18(27-10-9-22-14(27)2)11-19(25-13)29-16-5-3-15(4-6-16)26-20(28)17-12-21-7-8-23-17/h3-12H,1-2H3,(H,26,28). The highest BCUT2D eigenvalue weighted by molar-refractivity contribution is 6.02. The van der Waals surface area contributed by atoms with E-state index < -0.39 is 0 Å². The summed E-state index contributed by atoms with van der Waals surface area (Å²) in [6.07, 6.45) is 7.92. The first-order valence-corrected chi connectivity index (χ1v) is 8.80. The van der Waals surface area contributed by atoms with E-state index in [1.54, 1.807) is 43.5 Å². The van der Waals surface area contributed by atoms with Crippen LogP contribution < -0.4 is 10.1 Å². The molecule has 144 valence electrons. The number of aryl methyl sites for hydroxylation is 2. The van der Waals surface area contributed by atoms with E-state index in [2.05, 4.69) is 30.2 Å². The second-order valence-corrected chi connectivity index (χ2v) is 6.13. The van der Waals surface area contributed by atoms with E-state index >= 15 is 0 Å². The highest BCUT2D eigenvalue weighted by Gasteiger charge is 2.10. The molecule has 29 heavy (non-hydrogen) atoms. The Labute approximate surface area is 166 Å². The third-order valence-electron chi connectivity index (χ3n) is 4.00. The van der Waals surface area contributed by atoms with Gasteiger partial charge in [-0.25, -0.2) is 15.0 Å². The van der Waals surface area contributed by atoms with E-state index in [4.69, 9.17) is 4.74 Å². The summed E-state index contributed by atoms with van der Waals surface area (Å²) in [6, 6.07) is 8.69. The number of nitrogens with one attached hydrogen (secondary N) is 1. The van der Waals surface area contributed by atoms with Crippen LogP contribution in [0.1, 0.15) is 22.1 Å². The van der Waals surface area contributed by atoms with Crippen molar-refractivity contribution in [2.24, 2.45) is 0 Å². The normalized spacial score (nSPS) is 10.6. The molecule has 0 aliphatic carbocycles. The molecule has 0 saturated heterocycles. The molecule has 9 heteroatoms. The molecule has 0 atom stereocenters. The van der Waals surface area contributed by atoms with Gasteiger partial charge in [0.15, 0.2) is 0 Å². The summed E-state index contributed by atoms with van der Waals surface area (Å²) in [5, 5.41) is 2.76. The molecule has 4 rings (SSSR count). The Kier molecular flexibility index (Phi) is 4.93. The molecular weight excluding hydrogens is 370 g/mol. The number of anilines is 1. The fourth-order valence-electron chi connectivity index (χ4n) is 2.66. The summed E-state index contributed by atoms with van der Waals surface area (Å²) in [5.41, 5.74) is 0.855. The van der Waals surface area contributed by atoms with Gasteiger partial charge in [0.2, 0.25) is 5.88 Å². The van der Waals surface area contributed by atoms with Gasteiger partial charge in [0.05, 0.1) is 6.20 Å². The first-order valence-electron chi connectivity index (χ1n) is 8.80. The molecule has 9 nitrogen and oxygen atoms in total. The maximum atomic E-state index is 12.1. The summed E-state index contributed by atoms with van der Waals surface area (Å²) in [6.45, 7) is 3.69. The van der Waals surface area contributed by atoms with E-state index in [9.17, 15) is 4.79 Å². The lowest BCUT2D eigenvalue weighted by Crippen LogP contribution is -2.13. The lowest BCUT2D eigenvalue weighted by Gasteiger charge is -2.10. The van der Waals surface area contributed by atoms with Crippen LogP contribution in [0.5, 0.6) is 11.6 Å². The minimum Gasteiger partial charge on any atom is -0.439 e. The van der Waals surface area contributed by atoms with Crippen molar-refractivity contribution in [2.45, 2.75) is 13.8 Å². The van der Waals surface area contributed by atoms with Gasteiger partial charge in [-0.1, -0.05) is 0 Å². The van der Waals surface area contributed by atoms with Gasteiger partial charge in [0.1, 0.15) is 28.9 Å². The number of benzene rings is 1. The summed E-state index contributed by atoms with van der Waals surface area (Å²) < 4.78 is 7.72. The van der Waals surface area contributed by atoms with Gasteiger partial charge >= 0.3 is 0 Å². The molecule has 0 fully saturated rings. The zero-order chi connectivity index (χ0) is 20.2. The van der Waals surface area contributed by atoms with Gasteiger partial charge in [0.25, 0.3) is 5.91 Å². The van der Waals surface area contributed by atoms with Crippen LogP contribution in [0.4, 0.5) is 5.69 Å². The smallest absolute Gasteiger partial charge is 0.275 e. The number of hydrogen-bond donors (Lipinski definition) is 1. The highest BCUT2D eigenvalue weighted by Crippen LogP contribution is 2.23. The van der Waals surface area contributed by atoms with Crippen molar-refractivity contribution in [3.8, 4) is 17.4 Å². The lowest BCUT2D eigenvalue weighted by molar-refractivity contribution is 0.102. The fourth-order valence-corrected chi connectivity index (χ4v) is 2.66. The van der Waals surface area contributed by atoms with E-state index in [0.717, 1.165) is 5.82 Å². The largest absolute Gasteiger partial charge is 0.439 e. The van der Waals surface area contributed by atoms with E-state index in [-0.39, 0.29) is 11.6 Å². The Morgan fingerprint density at radius 2 is 1.86 bits per heavy atom. The van der Waals surface area contributed by atoms with Crippen LogP contribution in [0.3, 0.4) is 0 Å². The van der Waals surface area contributed by atoms with Gasteiger partial charge in [0, 0.05) is 36.5 Å². The minimum atomic E-state index is -0.335. The summed E-state index contributed by atoms with van der Waals surface area (Å²) in [4.78, 5) is 33.0. The van der Waals surface area contributed by atoms with Crippen LogP contribution >= 0.6 is 0 Å². The average molecular weight is 387 g/mol. The highest BCUT2D eigenvalue weighted by atomic mass is 16.5. The topological polar surface area (TPSA) is 108 Å². The number of amides is 1. The third kappa shape index (κ3) is 4.24. The van der Waals surface area contributed by atoms with E-state index in [1.165, 1.54) is 18.6 Å². The Morgan fingerprint density at radius 3 is 2.55 bits per heavy atom. The van der Waals surface area contributed by atoms with Crippen LogP contribution in [0.15, 0.2) is 61.3 Å². The van der Waals surface area contributed by atoms with Gasteiger partial charge in [-0.3, -0.25) is 14.3 Å². The molecule has 3 aromatic heterocycles. The van der Waals surface area contributed by atoms with Crippen LogP contribution in [-0.4, -0.2) is 35.4 Å². The Morgan fingerprint density at radius 1 is 1.03 bits per heavy atom. The van der Waals surface area contributed by atoms with Gasteiger partial charge < -0.3 is 10.1 Å². The third-order valence-corrected chi connectivity index (χ3v) is 4.00. The maximum absolute atomic E-state index is 12.1. The number of carbonyl (C=O) groups excluding carboxylic acids is 1. The number of nitrogens with zero attached hydrogens (tertiary/aromatic N) is 6. The fraction of sp³-hybridized carbons (Fsp3) is 0.100. The van der Waals surface area contributed by atoms with Crippen molar-refractivity contribution in [3.05, 3.63) is 78.7 Å². The first-order chi connectivity index (χ1) is 14.1. The Balaban J connectivity index is 1.48. The maximum Gasteiger partial charge on any atom is 0.275 e. The van der Waals surface area contributed by atoms with Crippen molar-refractivity contribution in [1.82, 2.24) is 29.5 Å². The second-order valence-electron chi connectivity index (χ2n) is 6.13. The van der Waals surface area contributed by atoms with Crippen molar-refractivity contribution in [2.75, 3.05) is 5.32 Å². The first kappa shape index (κ1) is 18.2. The predicted octanol–water partition coefficient (Wildman–Crippen LogP) is 3.11. The van der Waals surface area contributed by atoms with Crippen molar-refractivity contribution in [1.29, 1.82) is 0 Å². The van der Waals surface area contributed by atoms with Gasteiger partial charge in [-0.05, 0) is 38.1 Å². The molecule has 0 unspecified atom stereocenters. The molecule has 0 saturated carbocycles. The van der Waals surface area contributed by atoms with Crippen LogP contribution in [0.25, 0.3) is 5.82 Å². The van der Waals surface area contributed by atoms with Crippen LogP contribution in [0.2, 0.25) is 0 Å². The summed E-state index contributed by atoms with van der Waals surface area (Å²) in [5.74, 6) is 2.73. The van der Waals surface area contributed by atoms with E-state index in [0.29, 0.717) is 29.0 Å².